The molecule has 358 valence electrons. The number of aromatic nitrogens is 4. The number of fused-ring (bicyclic) bond motifs is 7. The first kappa shape index (κ1) is 44.8. The Balaban J connectivity index is 0.922. The second kappa shape index (κ2) is 18.6. The van der Waals surface area contributed by atoms with Gasteiger partial charge >= 0.3 is 385 Å². The van der Waals surface area contributed by atoms with E-state index >= 15 is 0 Å². The fraction of sp³-hybridized carbons (Fsp3) is 0. The average Bonchev–Trinajstić information content (AvgIpc) is 4.13. The minimum atomic E-state index is 0.0820. The normalized spacial score (nSPS) is 11.6. The molecule has 10 aromatic carbocycles. The number of nitrogens with zero attached hydrogens (tertiary/aromatic N) is 4. The Morgan fingerprint density at radius 1 is 0.221 bits per heavy atom. The Morgan fingerprint density at radius 3 is 0.935 bits per heavy atom. The molecule has 77 heavy (non-hydrogen) atoms. The maximum atomic E-state index is 4.52. The summed E-state index contributed by atoms with van der Waals surface area (Å²) in [6, 6.07) is 80.8. The minimum absolute atomic E-state index is 0.0820. The van der Waals surface area contributed by atoms with Gasteiger partial charge in [0.2, 0.25) is 0 Å². The van der Waals surface area contributed by atoms with Crippen molar-refractivity contribution in [3.05, 3.63) is 268 Å². The van der Waals surface area contributed by atoms with E-state index in [0.717, 1.165) is 55.6 Å². The van der Waals surface area contributed by atoms with Crippen LogP contribution in [0.5, 0.6) is 0 Å². The fourth-order valence-corrected chi connectivity index (χ4v) is 14.5. The topological polar surface area (TPSA) is 51.6 Å². The zero-order valence-electron chi connectivity index (χ0n) is 41.6. The Kier molecular flexibility index (Phi) is 10.8. The zero-order valence-corrected chi connectivity index (χ0v) is 43.3. The molecule has 0 aliphatic carbocycles. The van der Waals surface area contributed by atoms with Crippen molar-refractivity contribution in [2.24, 2.45) is 0 Å². The van der Waals surface area contributed by atoms with Gasteiger partial charge in [-0.2, -0.15) is 0 Å². The van der Waals surface area contributed by atoms with Crippen LogP contribution >= 0.6 is 0 Å². The third kappa shape index (κ3) is 7.67. The molecular formula is C72H44N4Se. The van der Waals surface area contributed by atoms with Crippen LogP contribution in [0.15, 0.2) is 268 Å². The van der Waals surface area contributed by atoms with Crippen molar-refractivity contribution in [2.75, 3.05) is 0 Å². The Labute approximate surface area is 451 Å². The summed E-state index contributed by atoms with van der Waals surface area (Å²) in [6.07, 6.45) is 15.1. The van der Waals surface area contributed by atoms with E-state index in [1.807, 2.05) is 73.8 Å². The molecule has 15 aromatic rings. The van der Waals surface area contributed by atoms with Gasteiger partial charge in [-0.3, -0.25) is 19.9 Å². The number of pyridine rings is 4. The molecule has 5 heterocycles. The van der Waals surface area contributed by atoms with Crippen LogP contribution < -0.4 is 0 Å². The van der Waals surface area contributed by atoms with E-state index in [1.54, 1.807) is 0 Å². The second-order valence-electron chi connectivity index (χ2n) is 19.7. The number of rotatable bonds is 8. The van der Waals surface area contributed by atoms with Crippen molar-refractivity contribution in [2.45, 2.75) is 0 Å². The molecular weight excluding hydrogens is 1000 g/mol. The van der Waals surface area contributed by atoms with Gasteiger partial charge in [0.1, 0.15) is 0 Å². The monoisotopic (exact) mass is 1040 g/mol. The SMILES string of the molecule is c1cncc(-c2cc(-c3cccnc3)cc(-c3c4ccccc4c(-c4ccc5c(c4)[se]c4cccc(-c6c7ccccc7c(-c7cc(-c8cccnc8)cc(-c8cccnc8)c7)c7ccccc67)c45)c4ccccc34)c2)c1. The molecule has 0 fully saturated rings. The van der Waals surface area contributed by atoms with Crippen molar-refractivity contribution < 1.29 is 0 Å². The quantitative estimate of drug-likeness (QED) is 0.112. The predicted molar refractivity (Wildman–Crippen MR) is 323 cm³/mol. The van der Waals surface area contributed by atoms with E-state index in [0.29, 0.717) is 0 Å². The van der Waals surface area contributed by atoms with E-state index in [4.69, 9.17) is 0 Å². The van der Waals surface area contributed by atoms with Crippen LogP contribution in [-0.4, -0.2) is 34.4 Å². The Morgan fingerprint density at radius 2 is 0.571 bits per heavy atom. The molecule has 0 radical (unpaired) electrons. The number of hydrogen-bond donors (Lipinski definition) is 0. The maximum absolute atomic E-state index is 4.52. The van der Waals surface area contributed by atoms with Gasteiger partial charge in [-0.25, -0.2) is 0 Å². The molecule has 0 aliphatic heterocycles. The molecule has 0 saturated heterocycles. The van der Waals surface area contributed by atoms with Gasteiger partial charge in [0.05, 0.1) is 0 Å². The van der Waals surface area contributed by atoms with Crippen LogP contribution in [0.25, 0.3) is 151 Å². The summed E-state index contributed by atoms with van der Waals surface area (Å²) in [4.78, 5) is 18.1. The van der Waals surface area contributed by atoms with E-state index in [-0.39, 0.29) is 14.5 Å². The first-order chi connectivity index (χ1) is 38.2. The number of benzene rings is 10. The molecule has 15 rings (SSSR count). The third-order valence-corrected chi connectivity index (χ3v) is 17.7. The van der Waals surface area contributed by atoms with Gasteiger partial charge in [0.25, 0.3) is 0 Å². The molecule has 5 aromatic heterocycles. The van der Waals surface area contributed by atoms with E-state index in [1.165, 1.54) is 95.8 Å². The molecule has 5 heteroatoms. The molecule has 0 bridgehead atoms. The van der Waals surface area contributed by atoms with Crippen LogP contribution in [0.2, 0.25) is 0 Å². The summed E-state index contributed by atoms with van der Waals surface area (Å²) in [5, 5.41) is 12.5. The van der Waals surface area contributed by atoms with Gasteiger partial charge in [0, 0.05) is 24.8 Å². The third-order valence-electron chi connectivity index (χ3n) is 15.3. The van der Waals surface area contributed by atoms with Crippen LogP contribution in [0, 0.1) is 0 Å². The summed E-state index contributed by atoms with van der Waals surface area (Å²) in [6.45, 7) is 0. The van der Waals surface area contributed by atoms with E-state index in [2.05, 4.69) is 214 Å². The van der Waals surface area contributed by atoms with Crippen molar-refractivity contribution in [3.8, 4) is 89.0 Å². The average molecular weight is 1040 g/mol. The van der Waals surface area contributed by atoms with Crippen LogP contribution in [-0.2, 0) is 0 Å². The molecule has 0 N–H and O–H groups in total. The summed E-state index contributed by atoms with van der Waals surface area (Å²) in [5.74, 6) is 0. The molecule has 0 unspecified atom stereocenters. The molecule has 0 saturated carbocycles. The molecule has 0 spiro atoms. The molecule has 0 aliphatic rings. The molecule has 4 nitrogen and oxygen atoms in total. The van der Waals surface area contributed by atoms with E-state index in [9.17, 15) is 0 Å². The van der Waals surface area contributed by atoms with Gasteiger partial charge in [0.15, 0.2) is 0 Å². The predicted octanol–water partition coefficient (Wildman–Crippen LogP) is 18.6. The van der Waals surface area contributed by atoms with Gasteiger partial charge in [-0.05, 0) is 24.3 Å². The Bertz CT molecular complexity index is 4550. The van der Waals surface area contributed by atoms with Gasteiger partial charge in [-0.15, -0.1) is 0 Å². The van der Waals surface area contributed by atoms with Crippen molar-refractivity contribution in [3.63, 3.8) is 0 Å². The van der Waals surface area contributed by atoms with Crippen LogP contribution in [0.3, 0.4) is 0 Å². The van der Waals surface area contributed by atoms with Gasteiger partial charge in [-0.1, -0.05) is 0 Å². The van der Waals surface area contributed by atoms with E-state index < -0.39 is 0 Å². The summed E-state index contributed by atoms with van der Waals surface area (Å²) in [7, 11) is 0. The van der Waals surface area contributed by atoms with Crippen molar-refractivity contribution in [1.29, 1.82) is 0 Å². The molecule has 0 amide bonds. The standard InChI is InChI=1S/C72H44N4Se/c1-3-20-58-56(18-1)68(57-19-2-4-21-59(57)69(58)54-36-50(46-14-10-30-73-41-46)34-51(37-54)47-15-11-31-74-42-47)45-28-29-64-67(40-45)77-66-27-9-26-65(72(64)66)71-62-24-7-5-22-60(62)70(61-23-6-8-25-63(61)71)55-38-52(48-16-12-32-75-43-48)35-53(39-55)49-17-13-33-76-44-49/h1-44H. The number of hydrogen-bond acceptors (Lipinski definition) is 4. The summed E-state index contributed by atoms with van der Waals surface area (Å²) in [5.41, 5.74) is 18.6. The first-order valence-electron chi connectivity index (χ1n) is 26.0. The first-order valence-corrected chi connectivity index (χ1v) is 27.7. The second-order valence-corrected chi connectivity index (χ2v) is 22.0. The zero-order chi connectivity index (χ0) is 50.8. The van der Waals surface area contributed by atoms with Crippen molar-refractivity contribution in [1.82, 2.24) is 19.9 Å². The van der Waals surface area contributed by atoms with Crippen molar-refractivity contribution >= 4 is 76.9 Å². The summed E-state index contributed by atoms with van der Waals surface area (Å²) >= 11 is 0.0820. The van der Waals surface area contributed by atoms with Gasteiger partial charge < -0.3 is 0 Å². The van der Waals surface area contributed by atoms with Crippen LogP contribution in [0.4, 0.5) is 0 Å². The Hall–Kier alpha value is -9.64. The fourth-order valence-electron chi connectivity index (χ4n) is 12.0. The summed E-state index contributed by atoms with van der Waals surface area (Å²) < 4.78 is 2.81. The molecule has 0 atom stereocenters. The van der Waals surface area contributed by atoms with Crippen LogP contribution in [0.1, 0.15) is 0 Å².